The van der Waals surface area contributed by atoms with Crippen molar-refractivity contribution in [3.63, 3.8) is 0 Å². The van der Waals surface area contributed by atoms with Gasteiger partial charge in [0.2, 0.25) is 0 Å². The summed E-state index contributed by atoms with van der Waals surface area (Å²) in [6.07, 6.45) is 7.10. The molecule has 2 rings (SSSR count). The van der Waals surface area contributed by atoms with Crippen LogP contribution < -0.4 is 0 Å². The van der Waals surface area contributed by atoms with E-state index >= 15 is 0 Å². The van der Waals surface area contributed by atoms with Crippen molar-refractivity contribution >= 4 is 30.4 Å². The van der Waals surface area contributed by atoms with Crippen molar-refractivity contribution in [3.8, 4) is 0 Å². The molecule has 0 aliphatic carbocycles. The monoisotopic (exact) mass is 523 g/mol. The number of ether oxygens (including phenoxy) is 1. The molecule has 2 amide bonds. The van der Waals surface area contributed by atoms with Gasteiger partial charge in [0, 0.05) is 0 Å². The Bertz CT molecular complexity index is 642. The third-order valence-electron chi connectivity index (χ3n) is 6.64. The first-order chi connectivity index (χ1) is 14.5. The van der Waals surface area contributed by atoms with Gasteiger partial charge in [-0.25, -0.2) is 0 Å². The maximum absolute atomic E-state index is 13.5. The number of rotatable bonds is 13. The molecule has 4 nitrogen and oxygen atoms in total. The average Bonchev–Trinajstić information content (AvgIpc) is 3.16. The third-order valence-corrected chi connectivity index (χ3v) is 23.0. The summed E-state index contributed by atoms with van der Waals surface area (Å²) in [7, 11) is 0. The fraction of sp³-hybridized carbons (Fsp3) is 0.680. The quantitative estimate of drug-likeness (QED) is 0.258. The first-order valence-electron chi connectivity index (χ1n) is 12.0. The number of nitrogens with zero attached hydrogens (tertiary/aromatic N) is 1. The maximum atomic E-state index is 13.5. The number of amides is 2. The fourth-order valence-corrected chi connectivity index (χ4v) is 22.4. The Labute approximate surface area is 187 Å². The first-order valence-corrected chi connectivity index (χ1v) is 20.1. The van der Waals surface area contributed by atoms with Gasteiger partial charge in [0.15, 0.2) is 0 Å². The summed E-state index contributed by atoms with van der Waals surface area (Å²) in [6, 6.07) is 9.52. The molecule has 1 aromatic carbocycles. The molecule has 0 bridgehead atoms. The predicted molar refractivity (Wildman–Crippen MR) is 126 cm³/mol. The third kappa shape index (κ3) is 6.73. The van der Waals surface area contributed by atoms with E-state index in [1.54, 1.807) is 0 Å². The first kappa shape index (κ1) is 25.2. The summed E-state index contributed by atoms with van der Waals surface area (Å²) in [5.41, 5.74) is 0.974. The molecular formula is C25H41NO3Sn. The molecule has 1 aliphatic rings. The topological polar surface area (TPSA) is 46.6 Å². The van der Waals surface area contributed by atoms with Crippen LogP contribution in [0.2, 0.25) is 17.7 Å². The van der Waals surface area contributed by atoms with Crippen molar-refractivity contribution in [1.82, 2.24) is 4.90 Å². The van der Waals surface area contributed by atoms with E-state index in [9.17, 15) is 9.59 Å². The van der Waals surface area contributed by atoms with Crippen molar-refractivity contribution in [1.29, 1.82) is 0 Å². The van der Waals surface area contributed by atoms with Crippen molar-refractivity contribution in [2.45, 2.75) is 90.0 Å². The van der Waals surface area contributed by atoms with E-state index in [2.05, 4.69) is 27.7 Å². The molecule has 2 atom stereocenters. The Morgan fingerprint density at radius 3 is 2.07 bits per heavy atom. The summed E-state index contributed by atoms with van der Waals surface area (Å²) >= 11 is -2.46. The number of hydrogen-bond donors (Lipinski definition) is 0. The van der Waals surface area contributed by atoms with E-state index in [-0.39, 0.29) is 24.5 Å². The van der Waals surface area contributed by atoms with Crippen molar-refractivity contribution in [3.05, 3.63) is 35.9 Å². The Hall–Kier alpha value is -1.04. The van der Waals surface area contributed by atoms with Gasteiger partial charge in [-0.15, -0.1) is 0 Å². The molecule has 1 fully saturated rings. The fourth-order valence-electron chi connectivity index (χ4n) is 4.90. The molecule has 0 spiro atoms. The minimum atomic E-state index is -2.46. The van der Waals surface area contributed by atoms with Gasteiger partial charge in [-0.2, -0.15) is 0 Å². The van der Waals surface area contributed by atoms with Crippen molar-refractivity contribution in [2.75, 3.05) is 6.61 Å². The van der Waals surface area contributed by atoms with Gasteiger partial charge in [-0.3, -0.25) is 0 Å². The molecule has 1 heterocycles. The summed E-state index contributed by atoms with van der Waals surface area (Å²) in [4.78, 5) is 27.4. The van der Waals surface area contributed by atoms with Crippen LogP contribution in [-0.2, 0) is 9.53 Å². The van der Waals surface area contributed by atoms with Crippen LogP contribution in [0, 0.1) is 5.92 Å². The Kier molecular flexibility index (Phi) is 10.7. The molecule has 1 aliphatic heterocycles. The van der Waals surface area contributed by atoms with Gasteiger partial charge >= 0.3 is 188 Å². The molecular weight excluding hydrogens is 481 g/mol. The summed E-state index contributed by atoms with van der Waals surface area (Å²) in [5.74, 6) is -0.125. The summed E-state index contributed by atoms with van der Waals surface area (Å²) in [5, 5.41) is 0. The number of unbranched alkanes of at least 4 members (excludes halogenated alkanes) is 3. The Morgan fingerprint density at radius 2 is 1.57 bits per heavy atom. The van der Waals surface area contributed by atoms with Crippen LogP contribution in [-0.4, -0.2) is 41.9 Å². The van der Waals surface area contributed by atoms with E-state index in [1.807, 2.05) is 30.3 Å². The van der Waals surface area contributed by atoms with E-state index in [4.69, 9.17) is 4.74 Å². The van der Waals surface area contributed by atoms with Crippen LogP contribution in [0.1, 0.15) is 77.8 Å². The molecule has 1 aromatic rings. The van der Waals surface area contributed by atoms with Gasteiger partial charge in [0.25, 0.3) is 0 Å². The number of benzene rings is 1. The van der Waals surface area contributed by atoms with Crippen LogP contribution in [0.3, 0.4) is 0 Å². The van der Waals surface area contributed by atoms with Gasteiger partial charge in [-0.1, -0.05) is 0 Å². The van der Waals surface area contributed by atoms with Gasteiger partial charge in [-0.05, 0) is 0 Å². The number of cyclic esters (lactones) is 1. The van der Waals surface area contributed by atoms with Gasteiger partial charge in [0.1, 0.15) is 0 Å². The van der Waals surface area contributed by atoms with E-state index in [0.29, 0.717) is 0 Å². The molecule has 1 saturated heterocycles. The zero-order chi connectivity index (χ0) is 22.0. The zero-order valence-corrected chi connectivity index (χ0v) is 22.3. The van der Waals surface area contributed by atoms with Crippen LogP contribution >= 0.6 is 0 Å². The average molecular weight is 522 g/mol. The molecule has 0 unspecified atom stereocenters. The van der Waals surface area contributed by atoms with Gasteiger partial charge in [0.05, 0.1) is 0 Å². The number of carbonyl (C=O) groups excluding carboxylic acids is 2. The second-order valence-electron chi connectivity index (χ2n) is 9.13. The number of hydrogen-bond acceptors (Lipinski definition) is 3. The second kappa shape index (κ2) is 12.7. The minimum absolute atomic E-state index is 0.0306. The Balaban J connectivity index is 2.20. The zero-order valence-electron chi connectivity index (χ0n) is 19.5. The van der Waals surface area contributed by atoms with Crippen LogP contribution in [0.15, 0.2) is 30.3 Å². The molecule has 168 valence electrons. The Morgan fingerprint density at radius 1 is 1.03 bits per heavy atom. The van der Waals surface area contributed by atoms with E-state index < -0.39 is 24.5 Å². The predicted octanol–water partition coefficient (Wildman–Crippen LogP) is 7.19. The van der Waals surface area contributed by atoms with Crippen molar-refractivity contribution < 1.29 is 14.3 Å². The van der Waals surface area contributed by atoms with Crippen LogP contribution in [0.4, 0.5) is 4.79 Å². The van der Waals surface area contributed by atoms with E-state index in [0.717, 1.165) is 10.0 Å². The molecule has 0 saturated carbocycles. The normalized spacial score (nSPS) is 17.8. The second-order valence-corrected chi connectivity index (χ2v) is 23.1. The number of carbonyl (C=O) groups is 2. The summed E-state index contributed by atoms with van der Waals surface area (Å²) < 4.78 is 10.5. The molecule has 5 heteroatoms. The van der Waals surface area contributed by atoms with Crippen LogP contribution in [0.25, 0.3) is 0 Å². The van der Waals surface area contributed by atoms with Crippen LogP contribution in [0.5, 0.6) is 0 Å². The summed E-state index contributed by atoms with van der Waals surface area (Å²) in [6.45, 7) is 9.14. The van der Waals surface area contributed by atoms with Crippen molar-refractivity contribution in [2.24, 2.45) is 5.92 Å². The molecule has 0 radical (unpaired) electrons. The van der Waals surface area contributed by atoms with E-state index in [1.165, 1.54) is 56.7 Å². The molecule has 0 aromatic heterocycles. The molecule has 0 N–H and O–H groups in total. The SMILES string of the molecule is CCC[CH2][Sn]([CH2]CCC)([CH2]CCC)[CH2][C@H](C)C(=O)N1C(=O)OC[C@H]1c1ccccc1. The van der Waals surface area contributed by atoms with Gasteiger partial charge < -0.3 is 0 Å². The molecule has 30 heavy (non-hydrogen) atoms. The number of imide groups is 1. The standard InChI is InChI=1S/C13H14NO3.3C4H9.Sn/c1-9(2)12(15)14-11(8-17-13(14)16)10-6-4-3-5-7-10;3*1-3-4-2;/h3-7,9,11H,1,8H2,2H3;3*1,3-4H2,2H3;/t9-,11+;;;;/m1..../s1.